The maximum Gasteiger partial charge on any atom is 0.472 e. The monoisotopic (exact) mass is 1540 g/mol. The molecule has 0 amide bonds. The Hall–Kier alpha value is -1.94. The quantitative estimate of drug-likeness (QED) is 0.0222. The fourth-order valence-corrected chi connectivity index (χ4v) is 15.0. The van der Waals surface area contributed by atoms with Gasteiger partial charge in [-0.05, 0) is 37.5 Å². The number of aliphatic hydroxyl groups is 1. The van der Waals surface area contributed by atoms with Gasteiger partial charge >= 0.3 is 39.5 Å². The van der Waals surface area contributed by atoms with E-state index in [-0.39, 0.29) is 25.7 Å². The molecule has 624 valence electrons. The van der Waals surface area contributed by atoms with Gasteiger partial charge in [-0.1, -0.05) is 408 Å². The smallest absolute Gasteiger partial charge is 0.462 e. The van der Waals surface area contributed by atoms with E-state index in [1.54, 1.807) is 0 Å². The van der Waals surface area contributed by atoms with Gasteiger partial charge in [-0.3, -0.25) is 37.3 Å². The zero-order valence-corrected chi connectivity index (χ0v) is 70.8. The average Bonchev–Trinajstić information content (AvgIpc) is 0.935. The van der Waals surface area contributed by atoms with Gasteiger partial charge in [0.25, 0.3) is 0 Å². The molecular weight excluding hydrogens is 1370 g/mol. The van der Waals surface area contributed by atoms with Crippen LogP contribution in [0.1, 0.15) is 459 Å². The third-order valence-corrected chi connectivity index (χ3v) is 22.1. The van der Waals surface area contributed by atoms with Gasteiger partial charge in [0.15, 0.2) is 12.2 Å². The predicted molar refractivity (Wildman–Crippen MR) is 432 cm³/mol. The highest BCUT2D eigenvalue weighted by atomic mass is 31.2. The Bertz CT molecular complexity index is 2010. The van der Waals surface area contributed by atoms with Crippen molar-refractivity contribution in [3.05, 3.63) is 0 Å². The van der Waals surface area contributed by atoms with Crippen molar-refractivity contribution in [3.63, 3.8) is 0 Å². The third-order valence-electron chi connectivity index (χ3n) is 20.2. The van der Waals surface area contributed by atoms with Gasteiger partial charge < -0.3 is 33.8 Å². The fourth-order valence-electron chi connectivity index (χ4n) is 13.4. The average molecular weight is 1540 g/mol. The molecule has 0 spiro atoms. The summed E-state index contributed by atoms with van der Waals surface area (Å²) >= 11 is 0. The normalized spacial score (nSPS) is 13.8. The molecule has 0 saturated carbocycles. The Morgan fingerprint density at radius 1 is 0.257 bits per heavy atom. The van der Waals surface area contributed by atoms with E-state index in [9.17, 15) is 43.2 Å². The number of rotatable bonds is 85. The number of hydrogen-bond acceptors (Lipinski definition) is 15. The molecule has 0 aliphatic carbocycles. The molecule has 0 aromatic carbocycles. The summed E-state index contributed by atoms with van der Waals surface area (Å²) in [6.07, 6.45) is 69.7. The van der Waals surface area contributed by atoms with Crippen LogP contribution in [-0.4, -0.2) is 96.7 Å². The number of ether oxygens (including phenoxy) is 4. The molecule has 0 radical (unpaired) electrons. The Kier molecular flexibility index (Phi) is 76.0. The van der Waals surface area contributed by atoms with E-state index in [4.69, 9.17) is 37.0 Å². The summed E-state index contributed by atoms with van der Waals surface area (Å²) in [5.74, 6) is -0.576. The van der Waals surface area contributed by atoms with Crippen molar-refractivity contribution in [3.8, 4) is 0 Å². The highest BCUT2D eigenvalue weighted by Gasteiger charge is 2.30. The molecule has 0 fully saturated rings. The van der Waals surface area contributed by atoms with E-state index < -0.39 is 97.5 Å². The Morgan fingerprint density at radius 3 is 0.648 bits per heavy atom. The summed E-state index contributed by atoms with van der Waals surface area (Å²) in [6.45, 7) is 9.64. The van der Waals surface area contributed by atoms with E-state index in [0.29, 0.717) is 31.6 Å². The summed E-state index contributed by atoms with van der Waals surface area (Å²) in [5.41, 5.74) is 0. The molecule has 0 aromatic heterocycles. The van der Waals surface area contributed by atoms with E-state index in [2.05, 4.69) is 41.5 Å². The number of phosphoric ester groups is 2. The van der Waals surface area contributed by atoms with E-state index in [0.717, 1.165) is 102 Å². The van der Waals surface area contributed by atoms with Crippen molar-refractivity contribution in [2.75, 3.05) is 39.6 Å². The maximum atomic E-state index is 13.1. The SMILES string of the molecule is CCCCCCCCCCCCCCCCCCCCCCCCC(=O)O[C@H](COC(=O)CCCCCCCCCCCCCCCCCCCCC(C)C)COP(=O)(O)OC[C@@H](O)COP(=O)(O)OC[C@@H](COC(=O)CCCCCCCCCC(C)C)OC(=O)CCCCCCCCCCCCCC. The minimum Gasteiger partial charge on any atom is -0.462 e. The predicted octanol–water partition coefficient (Wildman–Crippen LogP) is 26.2. The number of phosphoric acid groups is 2. The molecule has 105 heavy (non-hydrogen) atoms. The van der Waals surface area contributed by atoms with Crippen LogP contribution >= 0.6 is 15.6 Å². The van der Waals surface area contributed by atoms with Crippen LogP contribution in [0.4, 0.5) is 0 Å². The number of esters is 4. The summed E-state index contributed by atoms with van der Waals surface area (Å²) in [5, 5.41) is 10.7. The Morgan fingerprint density at radius 2 is 0.438 bits per heavy atom. The maximum absolute atomic E-state index is 13.1. The molecule has 17 nitrogen and oxygen atoms in total. The first-order valence-electron chi connectivity index (χ1n) is 44.5. The molecule has 0 aliphatic heterocycles. The highest BCUT2D eigenvalue weighted by molar-refractivity contribution is 7.47. The minimum absolute atomic E-state index is 0.107. The molecule has 3 N–H and O–H groups in total. The van der Waals surface area contributed by atoms with Crippen LogP contribution in [0.3, 0.4) is 0 Å². The molecule has 19 heteroatoms. The second kappa shape index (κ2) is 77.4. The lowest BCUT2D eigenvalue weighted by atomic mass is 10.0. The number of carbonyl (C=O) groups is 4. The molecule has 5 atom stereocenters. The first-order chi connectivity index (χ1) is 50.9. The van der Waals surface area contributed by atoms with Crippen molar-refractivity contribution in [1.29, 1.82) is 0 Å². The van der Waals surface area contributed by atoms with Crippen LogP contribution < -0.4 is 0 Å². The van der Waals surface area contributed by atoms with E-state index >= 15 is 0 Å². The lowest BCUT2D eigenvalue weighted by Crippen LogP contribution is -2.30. The lowest BCUT2D eigenvalue weighted by molar-refractivity contribution is -0.161. The fraction of sp³-hybridized carbons (Fsp3) is 0.953. The first-order valence-corrected chi connectivity index (χ1v) is 47.5. The number of carbonyl (C=O) groups excluding carboxylic acids is 4. The van der Waals surface area contributed by atoms with Gasteiger partial charge in [0.2, 0.25) is 0 Å². The van der Waals surface area contributed by atoms with Gasteiger partial charge in [0.1, 0.15) is 19.3 Å². The summed E-state index contributed by atoms with van der Waals surface area (Å²) in [6, 6.07) is 0. The number of hydrogen-bond donors (Lipinski definition) is 3. The Balaban J connectivity index is 5.19. The lowest BCUT2D eigenvalue weighted by Gasteiger charge is -2.21. The van der Waals surface area contributed by atoms with Crippen LogP contribution in [0.25, 0.3) is 0 Å². The molecule has 0 rings (SSSR count). The van der Waals surface area contributed by atoms with Crippen molar-refractivity contribution in [2.45, 2.75) is 477 Å². The van der Waals surface area contributed by atoms with Crippen molar-refractivity contribution in [2.24, 2.45) is 11.8 Å². The number of aliphatic hydroxyl groups excluding tert-OH is 1. The van der Waals surface area contributed by atoms with E-state index in [1.807, 2.05) is 0 Å². The van der Waals surface area contributed by atoms with Crippen LogP contribution in [-0.2, 0) is 65.4 Å². The van der Waals surface area contributed by atoms with Crippen LogP contribution in [0.5, 0.6) is 0 Å². The van der Waals surface area contributed by atoms with Gasteiger partial charge in [-0.2, -0.15) is 0 Å². The van der Waals surface area contributed by atoms with Gasteiger partial charge in [-0.25, -0.2) is 9.13 Å². The van der Waals surface area contributed by atoms with Crippen LogP contribution in [0.15, 0.2) is 0 Å². The molecule has 2 unspecified atom stereocenters. The highest BCUT2D eigenvalue weighted by Crippen LogP contribution is 2.45. The van der Waals surface area contributed by atoms with E-state index in [1.165, 1.54) is 270 Å². The molecule has 0 aromatic rings. The molecule has 0 heterocycles. The molecule has 0 aliphatic rings. The molecule has 0 saturated heterocycles. The number of unbranched alkanes of at least 4 members (excludes halogenated alkanes) is 55. The van der Waals surface area contributed by atoms with Crippen molar-refractivity contribution >= 4 is 39.5 Å². The Labute approximate surface area is 645 Å². The molecule has 0 bridgehead atoms. The van der Waals surface area contributed by atoms with Crippen molar-refractivity contribution in [1.82, 2.24) is 0 Å². The van der Waals surface area contributed by atoms with Gasteiger partial charge in [-0.15, -0.1) is 0 Å². The summed E-state index contributed by atoms with van der Waals surface area (Å²) < 4.78 is 68.8. The summed E-state index contributed by atoms with van der Waals surface area (Å²) in [4.78, 5) is 73.1. The minimum atomic E-state index is -4.97. The van der Waals surface area contributed by atoms with Crippen LogP contribution in [0, 0.1) is 11.8 Å². The van der Waals surface area contributed by atoms with Gasteiger partial charge in [0, 0.05) is 25.7 Å². The van der Waals surface area contributed by atoms with Gasteiger partial charge in [0.05, 0.1) is 26.4 Å². The molecular formula is C86H168O17P2. The first kappa shape index (κ1) is 103. The second-order valence-corrected chi connectivity index (χ2v) is 34.8. The third kappa shape index (κ3) is 79.9. The van der Waals surface area contributed by atoms with Crippen molar-refractivity contribution < 1.29 is 80.2 Å². The standard InChI is InChI=1S/C86H168O17P2/c1-7-9-11-13-15-17-19-21-22-23-24-25-26-27-32-35-38-42-46-52-59-65-71-86(91)102-81(74-96-83(88)68-62-56-50-44-41-37-34-31-29-28-30-33-36-39-43-48-54-60-66-78(3)4)76-100-104(92,93)98-72-80(87)73-99-105(94,95)101-77-82(75-97-84(89)69-63-57-53-47-49-55-61-67-79(5)6)103-85(90)70-64-58-51-45-40-20-18-16-14-12-10-8-2/h78-82,87H,7-77H2,1-6H3,(H,92,93)(H,94,95)/t80-,81-,82-/m1/s1. The topological polar surface area (TPSA) is 237 Å². The zero-order chi connectivity index (χ0) is 77.1. The van der Waals surface area contributed by atoms with Crippen LogP contribution in [0.2, 0.25) is 0 Å². The second-order valence-electron chi connectivity index (χ2n) is 31.9. The summed E-state index contributed by atoms with van der Waals surface area (Å²) in [7, 11) is -9.92. The zero-order valence-electron chi connectivity index (χ0n) is 69.0. The largest absolute Gasteiger partial charge is 0.472 e.